The fourth-order valence-electron chi connectivity index (χ4n) is 1.40. The molecule has 2 aromatic rings. The maximum atomic E-state index is 11.7. The second kappa shape index (κ2) is 6.16. The second-order valence-electron chi connectivity index (χ2n) is 3.75. The van der Waals surface area contributed by atoms with E-state index in [-0.39, 0.29) is 11.7 Å². The van der Waals surface area contributed by atoms with Gasteiger partial charge in [0.2, 0.25) is 0 Å². The van der Waals surface area contributed by atoms with Gasteiger partial charge < -0.3 is 4.42 Å². The molecule has 1 N–H and O–H groups in total. The van der Waals surface area contributed by atoms with Gasteiger partial charge in [0.15, 0.2) is 10.4 Å². The third-order valence-electron chi connectivity index (χ3n) is 2.36. The number of carbonyl (C=O) groups is 1. The Balaban J connectivity index is 2.08. The van der Waals surface area contributed by atoms with E-state index in [1.807, 2.05) is 31.2 Å². The molecule has 0 aliphatic heterocycles. The molecule has 0 atom stereocenters. The minimum Gasteiger partial charge on any atom is -0.444 e. The minimum absolute atomic E-state index is 0.206. The van der Waals surface area contributed by atoms with Crippen molar-refractivity contribution in [3.63, 3.8) is 0 Å². The van der Waals surface area contributed by atoms with Crippen LogP contribution in [0.25, 0.3) is 0 Å². The molecule has 1 aromatic heterocycles. The standard InChI is InChI=1S/C13H10Br2N2O2/c1-8(9-3-2-4-10(14)7-9)16-17-13(18)11-5-6-12(15)19-11/h2-7H,1H3,(H,17,18). The molecule has 6 heteroatoms. The number of amides is 1. The topological polar surface area (TPSA) is 54.6 Å². The Kier molecular flexibility index (Phi) is 4.55. The third kappa shape index (κ3) is 3.78. The van der Waals surface area contributed by atoms with E-state index in [9.17, 15) is 4.79 Å². The summed E-state index contributed by atoms with van der Waals surface area (Å²) in [5.41, 5.74) is 4.08. The van der Waals surface area contributed by atoms with Crippen molar-refractivity contribution in [2.24, 2.45) is 5.10 Å². The van der Waals surface area contributed by atoms with Crippen molar-refractivity contribution < 1.29 is 9.21 Å². The molecule has 0 bridgehead atoms. The molecule has 2 rings (SSSR count). The average Bonchev–Trinajstić information content (AvgIpc) is 2.82. The number of hydrogen-bond donors (Lipinski definition) is 1. The van der Waals surface area contributed by atoms with Gasteiger partial charge in [-0.15, -0.1) is 0 Å². The maximum Gasteiger partial charge on any atom is 0.307 e. The van der Waals surface area contributed by atoms with Crippen LogP contribution in [0.2, 0.25) is 0 Å². The van der Waals surface area contributed by atoms with Crippen LogP contribution in [0.15, 0.2) is 55.1 Å². The van der Waals surface area contributed by atoms with E-state index in [1.165, 1.54) is 0 Å². The molecule has 0 fully saturated rings. The lowest BCUT2D eigenvalue weighted by Gasteiger charge is -2.02. The first-order valence-corrected chi connectivity index (χ1v) is 7.01. The van der Waals surface area contributed by atoms with Crippen LogP contribution in [0.3, 0.4) is 0 Å². The largest absolute Gasteiger partial charge is 0.444 e. The highest BCUT2D eigenvalue weighted by Gasteiger charge is 2.09. The van der Waals surface area contributed by atoms with Crippen LogP contribution in [0.4, 0.5) is 0 Å². The number of nitrogens with zero attached hydrogens (tertiary/aromatic N) is 1. The molecule has 0 spiro atoms. The van der Waals surface area contributed by atoms with Crippen LogP contribution in [0, 0.1) is 0 Å². The fourth-order valence-corrected chi connectivity index (χ4v) is 2.11. The Morgan fingerprint density at radius 2 is 2.05 bits per heavy atom. The molecular formula is C13H10Br2N2O2. The van der Waals surface area contributed by atoms with Gasteiger partial charge in [-0.1, -0.05) is 28.1 Å². The predicted molar refractivity (Wildman–Crippen MR) is 80.2 cm³/mol. The molecule has 19 heavy (non-hydrogen) atoms. The molecule has 1 aromatic carbocycles. The molecule has 1 amide bonds. The number of hydrazone groups is 1. The van der Waals surface area contributed by atoms with Crippen LogP contribution in [-0.4, -0.2) is 11.6 Å². The SMILES string of the molecule is CC(=NNC(=O)c1ccc(Br)o1)c1cccc(Br)c1. The van der Waals surface area contributed by atoms with Gasteiger partial charge in [-0.25, -0.2) is 5.43 Å². The van der Waals surface area contributed by atoms with Gasteiger partial charge in [0.1, 0.15) is 0 Å². The van der Waals surface area contributed by atoms with Gasteiger partial charge in [0.05, 0.1) is 5.71 Å². The van der Waals surface area contributed by atoms with E-state index in [2.05, 4.69) is 42.4 Å². The van der Waals surface area contributed by atoms with Crippen molar-refractivity contribution in [2.75, 3.05) is 0 Å². The molecule has 1 heterocycles. The van der Waals surface area contributed by atoms with Crippen molar-refractivity contribution in [1.29, 1.82) is 0 Å². The normalized spacial score (nSPS) is 11.4. The smallest absolute Gasteiger partial charge is 0.307 e. The molecule has 0 radical (unpaired) electrons. The molecule has 98 valence electrons. The van der Waals surface area contributed by atoms with Crippen molar-refractivity contribution >= 4 is 43.5 Å². The summed E-state index contributed by atoms with van der Waals surface area (Å²) < 4.78 is 6.59. The summed E-state index contributed by atoms with van der Waals surface area (Å²) in [6.07, 6.45) is 0. The van der Waals surface area contributed by atoms with Gasteiger partial charge in [-0.2, -0.15) is 5.10 Å². The average molecular weight is 386 g/mol. The summed E-state index contributed by atoms with van der Waals surface area (Å²) in [6.45, 7) is 1.82. The Morgan fingerprint density at radius 1 is 1.26 bits per heavy atom. The zero-order valence-electron chi connectivity index (χ0n) is 9.98. The Bertz CT molecular complexity index is 635. The molecule has 0 aliphatic rings. The Morgan fingerprint density at radius 3 is 2.68 bits per heavy atom. The highest BCUT2D eigenvalue weighted by molar-refractivity contribution is 9.10. The quantitative estimate of drug-likeness (QED) is 0.642. The number of hydrogen-bond acceptors (Lipinski definition) is 3. The van der Waals surface area contributed by atoms with Crippen LogP contribution in [0.1, 0.15) is 23.0 Å². The van der Waals surface area contributed by atoms with E-state index in [4.69, 9.17) is 4.42 Å². The van der Waals surface area contributed by atoms with E-state index in [1.54, 1.807) is 12.1 Å². The number of benzene rings is 1. The van der Waals surface area contributed by atoms with Gasteiger partial charge in [-0.3, -0.25) is 4.79 Å². The number of nitrogens with one attached hydrogen (secondary N) is 1. The van der Waals surface area contributed by atoms with Crippen molar-refractivity contribution in [1.82, 2.24) is 5.43 Å². The first-order valence-electron chi connectivity index (χ1n) is 5.42. The molecule has 0 saturated carbocycles. The summed E-state index contributed by atoms with van der Waals surface area (Å²) in [4.78, 5) is 11.7. The van der Waals surface area contributed by atoms with Gasteiger partial charge >= 0.3 is 5.91 Å². The molecule has 0 saturated heterocycles. The zero-order valence-corrected chi connectivity index (χ0v) is 13.2. The molecule has 0 aliphatic carbocycles. The Hall–Kier alpha value is -1.40. The number of furan rings is 1. The van der Waals surface area contributed by atoms with Crippen LogP contribution < -0.4 is 5.43 Å². The zero-order chi connectivity index (χ0) is 13.8. The molecule has 4 nitrogen and oxygen atoms in total. The summed E-state index contributed by atoms with van der Waals surface area (Å²) in [6, 6.07) is 10.9. The van der Waals surface area contributed by atoms with Crippen LogP contribution in [0.5, 0.6) is 0 Å². The first kappa shape index (κ1) is 14.0. The molecular weight excluding hydrogens is 376 g/mol. The first-order chi connectivity index (χ1) is 9.06. The highest BCUT2D eigenvalue weighted by Crippen LogP contribution is 2.14. The molecule has 0 unspecified atom stereocenters. The van der Waals surface area contributed by atoms with E-state index in [0.717, 1.165) is 10.0 Å². The highest BCUT2D eigenvalue weighted by atomic mass is 79.9. The lowest BCUT2D eigenvalue weighted by atomic mass is 10.1. The second-order valence-corrected chi connectivity index (χ2v) is 5.45. The van der Waals surface area contributed by atoms with Crippen LogP contribution in [-0.2, 0) is 0 Å². The number of halogens is 2. The van der Waals surface area contributed by atoms with Crippen molar-refractivity contribution in [3.8, 4) is 0 Å². The van der Waals surface area contributed by atoms with E-state index in [0.29, 0.717) is 10.4 Å². The maximum absolute atomic E-state index is 11.7. The van der Waals surface area contributed by atoms with Gasteiger partial charge in [-0.05, 0) is 52.7 Å². The van der Waals surface area contributed by atoms with Gasteiger partial charge in [0, 0.05) is 4.47 Å². The van der Waals surface area contributed by atoms with Crippen molar-refractivity contribution in [2.45, 2.75) is 6.92 Å². The minimum atomic E-state index is -0.389. The lowest BCUT2D eigenvalue weighted by molar-refractivity contribution is 0.0926. The number of rotatable bonds is 3. The monoisotopic (exact) mass is 384 g/mol. The Labute approximate surface area is 127 Å². The predicted octanol–water partition coefficient (Wildman–Crippen LogP) is 3.96. The summed E-state index contributed by atoms with van der Waals surface area (Å²) in [5, 5.41) is 4.04. The summed E-state index contributed by atoms with van der Waals surface area (Å²) >= 11 is 6.52. The number of carbonyl (C=O) groups excluding carboxylic acids is 1. The van der Waals surface area contributed by atoms with Crippen LogP contribution >= 0.6 is 31.9 Å². The summed E-state index contributed by atoms with van der Waals surface area (Å²) in [7, 11) is 0. The fraction of sp³-hybridized carbons (Fsp3) is 0.0769. The van der Waals surface area contributed by atoms with E-state index < -0.39 is 0 Å². The summed E-state index contributed by atoms with van der Waals surface area (Å²) in [5.74, 6) is -0.183. The third-order valence-corrected chi connectivity index (χ3v) is 3.28. The van der Waals surface area contributed by atoms with Gasteiger partial charge in [0.25, 0.3) is 0 Å². The van der Waals surface area contributed by atoms with E-state index >= 15 is 0 Å². The van der Waals surface area contributed by atoms with Crippen molar-refractivity contribution in [3.05, 3.63) is 56.9 Å². The lowest BCUT2D eigenvalue weighted by Crippen LogP contribution is -2.18.